The number of imide groups is 1. The number of ether oxygens (including phenoxy) is 2. The number of carbonyl (C=O) groups is 2. The number of amides is 2. The van der Waals surface area contributed by atoms with Gasteiger partial charge in [-0.15, -0.1) is 0 Å². The Bertz CT molecular complexity index is 886. The van der Waals surface area contributed by atoms with Crippen LogP contribution in [0.15, 0.2) is 54.6 Å². The molecule has 8 nitrogen and oxygen atoms in total. The quantitative estimate of drug-likeness (QED) is 0.501. The fourth-order valence-corrected chi connectivity index (χ4v) is 3.57. The summed E-state index contributed by atoms with van der Waals surface area (Å²) in [6, 6.07) is 15.9. The van der Waals surface area contributed by atoms with Crippen molar-refractivity contribution in [1.82, 2.24) is 4.90 Å². The van der Waals surface area contributed by atoms with Crippen LogP contribution in [0.4, 0.5) is 4.79 Å². The molecule has 0 aliphatic carbocycles. The van der Waals surface area contributed by atoms with Gasteiger partial charge >= 0.3 is 6.09 Å². The molecule has 2 amide bonds. The number of benzene rings is 2. The van der Waals surface area contributed by atoms with Crippen molar-refractivity contribution in [2.24, 2.45) is 0 Å². The van der Waals surface area contributed by atoms with Gasteiger partial charge in [-0.1, -0.05) is 48.5 Å². The van der Waals surface area contributed by atoms with Gasteiger partial charge in [0.1, 0.15) is 12.4 Å². The zero-order valence-corrected chi connectivity index (χ0v) is 16.0. The summed E-state index contributed by atoms with van der Waals surface area (Å²) in [7, 11) is 1.47. The van der Waals surface area contributed by atoms with Gasteiger partial charge < -0.3 is 9.47 Å². The second-order valence-electron chi connectivity index (χ2n) is 6.84. The fraction of sp³-hybridized carbons (Fsp3) is 0.333. The molecule has 1 fully saturated rings. The molecule has 8 heteroatoms. The molecule has 1 heterocycles. The number of rotatable bonds is 8. The first-order valence-electron chi connectivity index (χ1n) is 9.27. The molecule has 0 N–H and O–H groups in total. The summed E-state index contributed by atoms with van der Waals surface area (Å²) in [6.07, 6.45) is -0.440. The number of hydrogen-bond acceptors (Lipinski definition) is 6. The van der Waals surface area contributed by atoms with Gasteiger partial charge in [0.15, 0.2) is 0 Å². The Morgan fingerprint density at radius 2 is 1.93 bits per heavy atom. The third-order valence-electron chi connectivity index (χ3n) is 4.91. The Kier molecular flexibility index (Phi) is 6.43. The minimum Gasteiger partial charge on any atom is -0.496 e. The SMILES string of the molecule is COc1ccccc1C(CC(=O)N1C(=O)OC[C@H]1Cc1ccccc1)C[N+](=O)[O-]. The van der Waals surface area contributed by atoms with Crippen molar-refractivity contribution in [2.75, 3.05) is 20.3 Å². The first-order chi connectivity index (χ1) is 14.0. The summed E-state index contributed by atoms with van der Waals surface area (Å²) in [5, 5.41) is 11.2. The second kappa shape index (κ2) is 9.18. The van der Waals surface area contributed by atoms with Crippen molar-refractivity contribution in [1.29, 1.82) is 0 Å². The van der Waals surface area contributed by atoms with E-state index in [2.05, 4.69) is 0 Å². The van der Waals surface area contributed by atoms with E-state index in [0.717, 1.165) is 10.5 Å². The number of cyclic esters (lactones) is 1. The Hall–Kier alpha value is -3.42. The molecule has 0 saturated carbocycles. The molecule has 2 aromatic carbocycles. The Morgan fingerprint density at radius 1 is 1.24 bits per heavy atom. The summed E-state index contributed by atoms with van der Waals surface area (Å²) in [4.78, 5) is 37.0. The first kappa shape index (κ1) is 20.3. The minimum absolute atomic E-state index is 0.105. The van der Waals surface area contributed by atoms with E-state index in [1.807, 2.05) is 30.3 Å². The highest BCUT2D eigenvalue weighted by Gasteiger charge is 2.39. The maximum Gasteiger partial charge on any atom is 0.416 e. The molecule has 29 heavy (non-hydrogen) atoms. The lowest BCUT2D eigenvalue weighted by Crippen LogP contribution is -2.41. The van der Waals surface area contributed by atoms with Crippen molar-refractivity contribution in [3.63, 3.8) is 0 Å². The average molecular weight is 398 g/mol. The van der Waals surface area contributed by atoms with E-state index in [1.54, 1.807) is 24.3 Å². The largest absolute Gasteiger partial charge is 0.496 e. The van der Waals surface area contributed by atoms with E-state index in [4.69, 9.17) is 9.47 Å². The molecule has 1 aliphatic rings. The molecule has 152 valence electrons. The lowest BCUT2D eigenvalue weighted by atomic mass is 9.93. The van der Waals surface area contributed by atoms with Crippen LogP contribution in [0.1, 0.15) is 23.5 Å². The number of carbonyl (C=O) groups excluding carboxylic acids is 2. The molecule has 2 atom stereocenters. The molecule has 1 unspecified atom stereocenters. The molecule has 0 aromatic heterocycles. The summed E-state index contributed by atoms with van der Waals surface area (Å²) in [5.41, 5.74) is 1.53. The monoisotopic (exact) mass is 398 g/mol. The average Bonchev–Trinajstić information content (AvgIpc) is 3.08. The molecule has 1 aliphatic heterocycles. The standard InChI is InChI=1S/C21H22N2O6/c1-28-19-10-6-5-9-18(19)16(13-22(26)27)12-20(24)23-17(14-29-21(23)25)11-15-7-3-2-4-8-15/h2-10,16-17H,11-14H2,1H3/t16?,17-/m1/s1. The van der Waals surface area contributed by atoms with Gasteiger partial charge in [0.25, 0.3) is 0 Å². The van der Waals surface area contributed by atoms with Gasteiger partial charge in [0.2, 0.25) is 12.5 Å². The lowest BCUT2D eigenvalue weighted by molar-refractivity contribution is -0.483. The fourth-order valence-electron chi connectivity index (χ4n) is 3.57. The van der Waals surface area contributed by atoms with Crippen LogP contribution in [0, 0.1) is 10.1 Å². The van der Waals surface area contributed by atoms with E-state index in [9.17, 15) is 19.7 Å². The topological polar surface area (TPSA) is 99.0 Å². The highest BCUT2D eigenvalue weighted by atomic mass is 16.6. The molecular weight excluding hydrogens is 376 g/mol. The molecule has 0 radical (unpaired) electrons. The maximum absolute atomic E-state index is 13.0. The molecule has 0 spiro atoms. The first-order valence-corrected chi connectivity index (χ1v) is 9.27. The number of nitro groups is 1. The number of nitrogens with zero attached hydrogens (tertiary/aromatic N) is 2. The van der Waals surface area contributed by atoms with Crippen LogP contribution in [-0.4, -0.2) is 48.1 Å². The van der Waals surface area contributed by atoms with E-state index < -0.39 is 35.4 Å². The van der Waals surface area contributed by atoms with E-state index >= 15 is 0 Å². The van der Waals surface area contributed by atoms with Crippen LogP contribution in [-0.2, 0) is 16.0 Å². The smallest absolute Gasteiger partial charge is 0.416 e. The minimum atomic E-state index is -0.723. The van der Waals surface area contributed by atoms with Crippen LogP contribution in [0.2, 0.25) is 0 Å². The predicted molar refractivity (Wildman–Crippen MR) is 104 cm³/mol. The van der Waals surface area contributed by atoms with Crippen LogP contribution in [0.5, 0.6) is 5.75 Å². The normalized spacial score (nSPS) is 16.9. The summed E-state index contributed by atoms with van der Waals surface area (Å²) in [6.45, 7) is -0.341. The van der Waals surface area contributed by atoms with Crippen LogP contribution < -0.4 is 4.74 Å². The van der Waals surface area contributed by atoms with E-state index in [-0.39, 0.29) is 13.0 Å². The van der Waals surface area contributed by atoms with E-state index in [0.29, 0.717) is 17.7 Å². The predicted octanol–water partition coefficient (Wildman–Crippen LogP) is 3.04. The highest BCUT2D eigenvalue weighted by molar-refractivity contribution is 5.94. The Balaban J connectivity index is 1.80. The molecule has 3 rings (SSSR count). The van der Waals surface area contributed by atoms with Gasteiger partial charge in [0.05, 0.1) is 19.1 Å². The third kappa shape index (κ3) is 4.90. The van der Waals surface area contributed by atoms with Crippen molar-refractivity contribution >= 4 is 12.0 Å². The zero-order chi connectivity index (χ0) is 20.8. The lowest BCUT2D eigenvalue weighted by Gasteiger charge is -2.22. The number of methoxy groups -OCH3 is 1. The number of hydrogen-bond donors (Lipinski definition) is 0. The zero-order valence-electron chi connectivity index (χ0n) is 16.0. The van der Waals surface area contributed by atoms with Crippen LogP contribution in [0.3, 0.4) is 0 Å². The van der Waals surface area contributed by atoms with Crippen LogP contribution in [0.25, 0.3) is 0 Å². The van der Waals surface area contributed by atoms with Crippen molar-refractivity contribution in [3.05, 3.63) is 75.8 Å². The second-order valence-corrected chi connectivity index (χ2v) is 6.84. The molecule has 2 aromatic rings. The van der Waals surface area contributed by atoms with Gasteiger partial charge in [-0.2, -0.15) is 0 Å². The van der Waals surface area contributed by atoms with Crippen molar-refractivity contribution in [2.45, 2.75) is 24.8 Å². The Labute approximate surface area is 168 Å². The van der Waals surface area contributed by atoms with Crippen LogP contribution >= 0.6 is 0 Å². The highest BCUT2D eigenvalue weighted by Crippen LogP contribution is 2.31. The van der Waals surface area contributed by atoms with E-state index in [1.165, 1.54) is 7.11 Å². The maximum atomic E-state index is 13.0. The van der Waals surface area contributed by atoms with Gasteiger partial charge in [-0.3, -0.25) is 14.9 Å². The third-order valence-corrected chi connectivity index (χ3v) is 4.91. The Morgan fingerprint density at radius 3 is 2.62 bits per heavy atom. The van der Waals surface area contributed by atoms with Gasteiger partial charge in [-0.25, -0.2) is 9.69 Å². The van der Waals surface area contributed by atoms with Crippen molar-refractivity contribution < 1.29 is 24.0 Å². The van der Waals surface area contributed by atoms with Gasteiger partial charge in [-0.05, 0) is 18.1 Å². The van der Waals surface area contributed by atoms with Crippen molar-refractivity contribution in [3.8, 4) is 5.75 Å². The summed E-state index contributed by atoms with van der Waals surface area (Å²) >= 11 is 0. The summed E-state index contributed by atoms with van der Waals surface area (Å²) in [5.74, 6) is -0.748. The van der Waals surface area contributed by atoms with Gasteiger partial charge in [0, 0.05) is 16.9 Å². The molecule has 0 bridgehead atoms. The molecular formula is C21H22N2O6. The number of para-hydroxylation sites is 1. The molecule has 1 saturated heterocycles. The summed E-state index contributed by atoms with van der Waals surface area (Å²) < 4.78 is 10.4.